The van der Waals surface area contributed by atoms with Crippen LogP contribution in [0.1, 0.15) is 5.56 Å². The summed E-state index contributed by atoms with van der Waals surface area (Å²) in [6.07, 6.45) is 0.523. The van der Waals surface area contributed by atoms with Crippen molar-refractivity contribution in [1.82, 2.24) is 0 Å². The highest BCUT2D eigenvalue weighted by Crippen LogP contribution is 2.19. The van der Waals surface area contributed by atoms with Crippen LogP contribution in [0.25, 0.3) is 5.57 Å². The van der Waals surface area contributed by atoms with E-state index < -0.39 is 0 Å². The van der Waals surface area contributed by atoms with Gasteiger partial charge in [-0.25, -0.2) is 4.39 Å². The van der Waals surface area contributed by atoms with Gasteiger partial charge in [-0.1, -0.05) is 12.1 Å². The van der Waals surface area contributed by atoms with E-state index in [2.05, 4.69) is 0 Å². The van der Waals surface area contributed by atoms with E-state index in [4.69, 9.17) is 10.5 Å². The predicted octanol–water partition coefficient (Wildman–Crippen LogP) is 1.96. The van der Waals surface area contributed by atoms with Gasteiger partial charge in [-0.05, 0) is 17.7 Å². The van der Waals surface area contributed by atoms with Gasteiger partial charge in [0.15, 0.2) is 0 Å². The summed E-state index contributed by atoms with van der Waals surface area (Å²) in [5.41, 5.74) is 6.58. The third-order valence-corrected chi connectivity index (χ3v) is 1.79. The van der Waals surface area contributed by atoms with Crippen molar-refractivity contribution in [1.29, 1.82) is 0 Å². The van der Waals surface area contributed by atoms with E-state index in [-0.39, 0.29) is 6.54 Å². The Kier molecular flexibility index (Phi) is 3.46. The molecular weight excluding hydrogens is 169 g/mol. The van der Waals surface area contributed by atoms with Gasteiger partial charge >= 0.3 is 0 Å². The molecule has 0 saturated carbocycles. The average molecular weight is 181 g/mol. The van der Waals surface area contributed by atoms with Crippen LogP contribution in [0.2, 0.25) is 0 Å². The molecule has 1 aromatic rings. The number of rotatable bonds is 3. The van der Waals surface area contributed by atoms with E-state index in [9.17, 15) is 4.39 Å². The van der Waals surface area contributed by atoms with Crippen molar-refractivity contribution in [3.05, 3.63) is 36.2 Å². The zero-order valence-corrected chi connectivity index (χ0v) is 7.46. The zero-order valence-electron chi connectivity index (χ0n) is 7.46. The van der Waals surface area contributed by atoms with Crippen LogP contribution in [-0.4, -0.2) is 13.7 Å². The van der Waals surface area contributed by atoms with Crippen molar-refractivity contribution >= 4 is 5.57 Å². The predicted molar refractivity (Wildman–Crippen MR) is 51.1 cm³/mol. The van der Waals surface area contributed by atoms with Crippen molar-refractivity contribution in [2.45, 2.75) is 0 Å². The Morgan fingerprint density at radius 3 is 2.92 bits per heavy atom. The molecule has 0 fully saturated rings. The summed E-state index contributed by atoms with van der Waals surface area (Å²) in [5, 5.41) is 0. The van der Waals surface area contributed by atoms with Crippen molar-refractivity contribution in [3.63, 3.8) is 0 Å². The maximum atomic E-state index is 12.3. The number of hydrogen-bond acceptors (Lipinski definition) is 2. The molecule has 0 aliphatic carbocycles. The van der Waals surface area contributed by atoms with E-state index in [1.165, 1.54) is 0 Å². The molecule has 0 aliphatic heterocycles. The van der Waals surface area contributed by atoms with Gasteiger partial charge in [0.05, 0.1) is 13.4 Å². The minimum atomic E-state index is 0.184. The van der Waals surface area contributed by atoms with Gasteiger partial charge < -0.3 is 10.5 Å². The van der Waals surface area contributed by atoms with E-state index in [0.717, 1.165) is 5.56 Å². The van der Waals surface area contributed by atoms with Crippen molar-refractivity contribution in [3.8, 4) is 5.75 Å². The molecule has 0 unspecified atom stereocenters. The topological polar surface area (TPSA) is 35.2 Å². The van der Waals surface area contributed by atoms with Gasteiger partial charge in [-0.3, -0.25) is 0 Å². The summed E-state index contributed by atoms with van der Waals surface area (Å²) in [7, 11) is 1.57. The summed E-state index contributed by atoms with van der Waals surface area (Å²) in [6.45, 7) is 0.184. The molecular formula is C10H12FNO. The molecule has 3 heteroatoms. The van der Waals surface area contributed by atoms with Crippen LogP contribution in [0.3, 0.4) is 0 Å². The van der Waals surface area contributed by atoms with Crippen LogP contribution < -0.4 is 10.5 Å². The fourth-order valence-electron chi connectivity index (χ4n) is 1.05. The van der Waals surface area contributed by atoms with Gasteiger partial charge in [0.1, 0.15) is 5.75 Å². The Morgan fingerprint density at radius 2 is 2.38 bits per heavy atom. The zero-order chi connectivity index (χ0) is 9.68. The average Bonchev–Trinajstić information content (AvgIpc) is 2.20. The molecule has 0 saturated heterocycles. The SMILES string of the molecule is COc1cccc(/C(=C\F)CN)c1. The first-order chi connectivity index (χ1) is 6.31. The molecule has 13 heavy (non-hydrogen) atoms. The second kappa shape index (κ2) is 4.62. The number of halogens is 1. The minimum absolute atomic E-state index is 0.184. The molecule has 0 heterocycles. The Balaban J connectivity index is 3.00. The van der Waals surface area contributed by atoms with E-state index in [1.54, 1.807) is 31.4 Å². The van der Waals surface area contributed by atoms with E-state index in [1.807, 2.05) is 0 Å². The second-order valence-electron chi connectivity index (χ2n) is 2.57. The van der Waals surface area contributed by atoms with Crippen LogP contribution in [0, 0.1) is 0 Å². The molecule has 0 amide bonds. The monoisotopic (exact) mass is 181 g/mol. The Morgan fingerprint density at radius 1 is 1.62 bits per heavy atom. The Bertz CT molecular complexity index is 310. The van der Waals surface area contributed by atoms with Crippen LogP contribution in [0.4, 0.5) is 4.39 Å². The van der Waals surface area contributed by atoms with Crippen molar-refractivity contribution in [2.24, 2.45) is 5.73 Å². The highest BCUT2D eigenvalue weighted by molar-refractivity contribution is 5.66. The van der Waals surface area contributed by atoms with Gasteiger partial charge in [0, 0.05) is 12.1 Å². The lowest BCUT2D eigenvalue weighted by Gasteiger charge is -2.04. The molecule has 1 rings (SSSR count). The van der Waals surface area contributed by atoms with E-state index >= 15 is 0 Å². The molecule has 1 aromatic carbocycles. The van der Waals surface area contributed by atoms with Gasteiger partial charge in [-0.15, -0.1) is 0 Å². The third-order valence-electron chi connectivity index (χ3n) is 1.79. The third kappa shape index (κ3) is 2.29. The molecule has 0 aliphatic rings. The van der Waals surface area contributed by atoms with Gasteiger partial charge in [0.25, 0.3) is 0 Å². The first-order valence-electron chi connectivity index (χ1n) is 3.95. The Labute approximate surface area is 76.8 Å². The summed E-state index contributed by atoms with van der Waals surface area (Å²) in [6, 6.07) is 7.14. The van der Waals surface area contributed by atoms with Gasteiger partial charge in [0.2, 0.25) is 0 Å². The largest absolute Gasteiger partial charge is 0.497 e. The second-order valence-corrected chi connectivity index (χ2v) is 2.57. The summed E-state index contributed by atoms with van der Waals surface area (Å²) in [4.78, 5) is 0. The summed E-state index contributed by atoms with van der Waals surface area (Å²) in [5.74, 6) is 0.699. The quantitative estimate of drug-likeness (QED) is 0.773. The minimum Gasteiger partial charge on any atom is -0.497 e. The maximum absolute atomic E-state index is 12.3. The normalized spacial score (nSPS) is 11.5. The molecule has 0 aromatic heterocycles. The maximum Gasteiger partial charge on any atom is 0.119 e. The van der Waals surface area contributed by atoms with Crippen LogP contribution in [0.5, 0.6) is 5.75 Å². The number of methoxy groups -OCH3 is 1. The number of ether oxygens (including phenoxy) is 1. The summed E-state index contributed by atoms with van der Waals surface area (Å²) >= 11 is 0. The van der Waals surface area contributed by atoms with Crippen molar-refractivity contribution in [2.75, 3.05) is 13.7 Å². The van der Waals surface area contributed by atoms with Crippen LogP contribution in [-0.2, 0) is 0 Å². The van der Waals surface area contributed by atoms with Crippen LogP contribution in [0.15, 0.2) is 30.6 Å². The Hall–Kier alpha value is -1.35. The summed E-state index contributed by atoms with van der Waals surface area (Å²) < 4.78 is 17.3. The number of hydrogen-bond donors (Lipinski definition) is 1. The van der Waals surface area contributed by atoms with E-state index in [0.29, 0.717) is 17.7 Å². The lowest BCUT2D eigenvalue weighted by molar-refractivity contribution is 0.414. The smallest absolute Gasteiger partial charge is 0.119 e. The van der Waals surface area contributed by atoms with Crippen molar-refractivity contribution < 1.29 is 9.13 Å². The first kappa shape index (κ1) is 9.74. The molecule has 0 atom stereocenters. The number of nitrogens with two attached hydrogens (primary N) is 1. The molecule has 2 nitrogen and oxygen atoms in total. The molecule has 0 bridgehead atoms. The standard InChI is InChI=1S/C10H12FNO/c1-13-10-4-2-3-8(5-10)9(6-11)7-12/h2-6H,7,12H2,1H3/b9-6-. The molecule has 70 valence electrons. The molecule has 0 spiro atoms. The van der Waals surface area contributed by atoms with Gasteiger partial charge in [-0.2, -0.15) is 0 Å². The molecule has 2 N–H and O–H groups in total. The lowest BCUT2D eigenvalue weighted by Crippen LogP contribution is -2.01. The molecule has 0 radical (unpaired) electrons. The fourth-order valence-corrected chi connectivity index (χ4v) is 1.05. The highest BCUT2D eigenvalue weighted by atomic mass is 19.1. The highest BCUT2D eigenvalue weighted by Gasteiger charge is 2.00. The fraction of sp³-hybridized carbons (Fsp3) is 0.200. The van der Waals surface area contributed by atoms with Crippen LogP contribution >= 0.6 is 0 Å². The lowest BCUT2D eigenvalue weighted by atomic mass is 10.1. The first-order valence-corrected chi connectivity index (χ1v) is 3.95. The number of benzene rings is 1.